The van der Waals surface area contributed by atoms with Gasteiger partial charge in [0, 0.05) is 11.9 Å². The highest BCUT2D eigenvalue weighted by Crippen LogP contribution is 2.14. The highest BCUT2D eigenvalue weighted by Gasteiger charge is 2.10. The smallest absolute Gasteiger partial charge is 0.230 e. The zero-order chi connectivity index (χ0) is 14.4. The predicted molar refractivity (Wildman–Crippen MR) is 80.5 cm³/mol. The standard InChI is InChI=1S/C15H17N3OS/c1-11-8-9-16-15(17-11)20-10-14(19)18-12(2)13-6-4-3-5-7-13/h3-9,12H,10H2,1-2H3,(H,18,19). The minimum absolute atomic E-state index is 0.00253. The highest BCUT2D eigenvalue weighted by molar-refractivity contribution is 7.99. The van der Waals surface area contributed by atoms with Crippen LogP contribution in [-0.4, -0.2) is 21.6 Å². The number of amides is 1. The van der Waals surface area contributed by atoms with Gasteiger partial charge in [0.05, 0.1) is 11.8 Å². The quantitative estimate of drug-likeness (QED) is 0.678. The fourth-order valence-electron chi connectivity index (χ4n) is 1.73. The van der Waals surface area contributed by atoms with Crippen molar-refractivity contribution in [3.8, 4) is 0 Å². The second kappa shape index (κ2) is 7.05. The molecule has 1 aromatic heterocycles. The van der Waals surface area contributed by atoms with Gasteiger partial charge < -0.3 is 5.32 Å². The first-order valence-electron chi connectivity index (χ1n) is 6.42. The van der Waals surface area contributed by atoms with Crippen LogP contribution in [0.15, 0.2) is 47.8 Å². The van der Waals surface area contributed by atoms with Crippen LogP contribution in [-0.2, 0) is 4.79 Å². The molecule has 0 aliphatic carbocycles. The lowest BCUT2D eigenvalue weighted by Gasteiger charge is -2.13. The maximum absolute atomic E-state index is 11.9. The molecular formula is C15H17N3OS. The number of rotatable bonds is 5. The van der Waals surface area contributed by atoms with E-state index in [9.17, 15) is 4.79 Å². The molecule has 1 aromatic carbocycles. The zero-order valence-electron chi connectivity index (χ0n) is 11.5. The summed E-state index contributed by atoms with van der Waals surface area (Å²) in [7, 11) is 0. The third-order valence-electron chi connectivity index (χ3n) is 2.78. The Balaban J connectivity index is 1.84. The number of benzene rings is 1. The summed E-state index contributed by atoms with van der Waals surface area (Å²) in [6.45, 7) is 3.88. The molecule has 5 heteroatoms. The minimum atomic E-state index is -0.0172. The lowest BCUT2D eigenvalue weighted by Crippen LogP contribution is -2.28. The Bertz CT molecular complexity index is 574. The van der Waals surface area contributed by atoms with Crippen LogP contribution in [0, 0.1) is 6.92 Å². The maximum atomic E-state index is 11.9. The molecule has 4 nitrogen and oxygen atoms in total. The van der Waals surface area contributed by atoms with Crippen LogP contribution in [0.2, 0.25) is 0 Å². The summed E-state index contributed by atoms with van der Waals surface area (Å²) in [4.78, 5) is 20.3. The van der Waals surface area contributed by atoms with Crippen molar-refractivity contribution in [3.63, 3.8) is 0 Å². The fraction of sp³-hybridized carbons (Fsp3) is 0.267. The number of nitrogens with zero attached hydrogens (tertiary/aromatic N) is 2. The predicted octanol–water partition coefficient (Wildman–Crippen LogP) is 2.75. The third-order valence-corrected chi connectivity index (χ3v) is 3.64. The molecule has 104 valence electrons. The molecule has 0 saturated carbocycles. The first-order valence-corrected chi connectivity index (χ1v) is 7.40. The van der Waals surface area contributed by atoms with Crippen molar-refractivity contribution in [3.05, 3.63) is 53.9 Å². The summed E-state index contributed by atoms with van der Waals surface area (Å²) in [6, 6.07) is 11.7. The molecule has 1 N–H and O–H groups in total. The first kappa shape index (κ1) is 14.5. The van der Waals surface area contributed by atoms with E-state index in [1.807, 2.05) is 50.2 Å². The van der Waals surface area contributed by atoms with E-state index in [-0.39, 0.29) is 11.9 Å². The Morgan fingerprint density at radius 3 is 2.75 bits per heavy atom. The number of carbonyl (C=O) groups excluding carboxylic acids is 1. The topological polar surface area (TPSA) is 54.9 Å². The van der Waals surface area contributed by atoms with Crippen LogP contribution in [0.5, 0.6) is 0 Å². The number of thioether (sulfide) groups is 1. The summed E-state index contributed by atoms with van der Waals surface area (Å²) >= 11 is 1.35. The second-order valence-electron chi connectivity index (χ2n) is 4.47. The number of nitrogens with one attached hydrogen (secondary N) is 1. The van der Waals surface area contributed by atoms with Crippen molar-refractivity contribution in [2.24, 2.45) is 0 Å². The van der Waals surface area contributed by atoms with Crippen LogP contribution < -0.4 is 5.32 Å². The van der Waals surface area contributed by atoms with Gasteiger partial charge in [-0.3, -0.25) is 4.79 Å². The molecule has 20 heavy (non-hydrogen) atoms. The van der Waals surface area contributed by atoms with Crippen molar-refractivity contribution < 1.29 is 4.79 Å². The van der Waals surface area contributed by atoms with Crippen LogP contribution in [0.4, 0.5) is 0 Å². The molecule has 0 aliphatic rings. The number of hydrogen-bond acceptors (Lipinski definition) is 4. The van der Waals surface area contributed by atoms with Gasteiger partial charge in [0.1, 0.15) is 0 Å². The summed E-state index contributed by atoms with van der Waals surface area (Å²) in [5, 5.41) is 3.60. The Hall–Kier alpha value is -1.88. The number of hydrogen-bond donors (Lipinski definition) is 1. The normalized spacial score (nSPS) is 11.9. The first-order chi connectivity index (χ1) is 9.65. The van der Waals surface area contributed by atoms with E-state index >= 15 is 0 Å². The van der Waals surface area contributed by atoms with Crippen molar-refractivity contribution in [2.75, 3.05) is 5.75 Å². The van der Waals surface area contributed by atoms with Gasteiger partial charge in [0.15, 0.2) is 5.16 Å². The van der Waals surface area contributed by atoms with E-state index in [1.54, 1.807) is 6.20 Å². The molecule has 0 spiro atoms. The molecule has 2 aromatic rings. The highest BCUT2D eigenvalue weighted by atomic mass is 32.2. The van der Waals surface area contributed by atoms with Crippen molar-refractivity contribution in [1.29, 1.82) is 0 Å². The third kappa shape index (κ3) is 4.35. The molecule has 0 aliphatic heterocycles. The monoisotopic (exact) mass is 287 g/mol. The van der Waals surface area contributed by atoms with Gasteiger partial charge in [-0.25, -0.2) is 9.97 Å². The summed E-state index contributed by atoms with van der Waals surface area (Å²) in [5.74, 6) is 0.303. The van der Waals surface area contributed by atoms with Gasteiger partial charge in [0.25, 0.3) is 0 Å². The van der Waals surface area contributed by atoms with Gasteiger partial charge in [-0.15, -0.1) is 0 Å². The molecule has 2 rings (SSSR count). The second-order valence-corrected chi connectivity index (χ2v) is 5.41. The largest absolute Gasteiger partial charge is 0.349 e. The van der Waals surface area contributed by atoms with E-state index in [2.05, 4.69) is 15.3 Å². The summed E-state index contributed by atoms with van der Waals surface area (Å²) in [5.41, 5.74) is 2.00. The van der Waals surface area contributed by atoms with E-state index in [4.69, 9.17) is 0 Å². The Morgan fingerprint density at radius 1 is 1.30 bits per heavy atom. The van der Waals surface area contributed by atoms with Crippen LogP contribution in [0.25, 0.3) is 0 Å². The van der Waals surface area contributed by atoms with Crippen molar-refractivity contribution >= 4 is 17.7 Å². The molecule has 1 atom stereocenters. The molecule has 0 saturated heterocycles. The maximum Gasteiger partial charge on any atom is 0.230 e. The van der Waals surface area contributed by atoms with Crippen molar-refractivity contribution in [2.45, 2.75) is 25.0 Å². The average molecular weight is 287 g/mol. The molecular weight excluding hydrogens is 270 g/mol. The van der Waals surface area contributed by atoms with Gasteiger partial charge >= 0.3 is 0 Å². The van der Waals surface area contributed by atoms with E-state index in [0.29, 0.717) is 10.9 Å². The van der Waals surface area contributed by atoms with Gasteiger partial charge in [-0.2, -0.15) is 0 Å². The molecule has 0 bridgehead atoms. The SMILES string of the molecule is Cc1ccnc(SCC(=O)NC(C)c2ccccc2)n1. The molecule has 1 unspecified atom stereocenters. The van der Waals surface area contributed by atoms with Crippen molar-refractivity contribution in [1.82, 2.24) is 15.3 Å². The van der Waals surface area contributed by atoms with E-state index < -0.39 is 0 Å². The van der Waals surface area contributed by atoms with Gasteiger partial charge in [0.2, 0.25) is 5.91 Å². The Labute approximate surface area is 123 Å². The Morgan fingerprint density at radius 2 is 2.05 bits per heavy atom. The van der Waals surface area contributed by atoms with Gasteiger partial charge in [-0.05, 0) is 25.5 Å². The molecule has 0 radical (unpaired) electrons. The Kier molecular flexibility index (Phi) is 5.12. The zero-order valence-corrected chi connectivity index (χ0v) is 12.4. The molecule has 1 heterocycles. The van der Waals surface area contributed by atoms with Crippen LogP contribution >= 0.6 is 11.8 Å². The molecule has 1 amide bonds. The summed E-state index contributed by atoms with van der Waals surface area (Å²) < 4.78 is 0. The lowest BCUT2D eigenvalue weighted by molar-refractivity contribution is -0.119. The lowest BCUT2D eigenvalue weighted by atomic mass is 10.1. The van der Waals surface area contributed by atoms with E-state index in [0.717, 1.165) is 11.3 Å². The minimum Gasteiger partial charge on any atom is -0.349 e. The van der Waals surface area contributed by atoms with E-state index in [1.165, 1.54) is 11.8 Å². The van der Waals surface area contributed by atoms with Crippen LogP contribution in [0.1, 0.15) is 24.2 Å². The summed E-state index contributed by atoms with van der Waals surface area (Å²) in [6.07, 6.45) is 1.70. The number of aromatic nitrogens is 2. The van der Waals surface area contributed by atoms with Gasteiger partial charge in [-0.1, -0.05) is 42.1 Å². The molecule has 0 fully saturated rings. The number of carbonyl (C=O) groups is 1. The fourth-order valence-corrected chi connectivity index (χ4v) is 2.42. The average Bonchev–Trinajstić information content (AvgIpc) is 2.46. The van der Waals surface area contributed by atoms with Crippen LogP contribution in [0.3, 0.4) is 0 Å². The number of aryl methyl sites for hydroxylation is 1.